The molecule has 2 fully saturated rings. The first-order valence-electron chi connectivity index (χ1n) is 7.25. The Morgan fingerprint density at radius 2 is 2.05 bits per heavy atom. The zero-order valence-electron chi connectivity index (χ0n) is 11.7. The van der Waals surface area contributed by atoms with E-state index in [0.717, 1.165) is 12.8 Å². The topological polar surface area (TPSA) is 126 Å². The largest absolute Gasteiger partial charge is 0.394 e. The maximum absolute atomic E-state index is 10.1. The molecule has 0 spiro atoms. The van der Waals surface area contributed by atoms with Gasteiger partial charge in [0.05, 0.1) is 12.9 Å². The molecule has 0 radical (unpaired) electrons. The molecule has 2 aromatic heterocycles. The molecule has 1 aliphatic heterocycles. The number of anilines is 1. The van der Waals surface area contributed by atoms with Gasteiger partial charge in [0, 0.05) is 6.04 Å². The number of nitrogens with one attached hydrogen (secondary N) is 1. The predicted molar refractivity (Wildman–Crippen MR) is 75.0 cm³/mol. The van der Waals surface area contributed by atoms with Gasteiger partial charge >= 0.3 is 0 Å². The number of aliphatic hydroxyl groups excluding tert-OH is 3. The van der Waals surface area contributed by atoms with Crippen LogP contribution >= 0.6 is 0 Å². The van der Waals surface area contributed by atoms with E-state index < -0.39 is 24.5 Å². The highest BCUT2D eigenvalue weighted by atomic mass is 16.6. The summed E-state index contributed by atoms with van der Waals surface area (Å²) in [5.41, 5.74) is 1.10. The molecule has 2 aliphatic rings. The third kappa shape index (κ3) is 2.13. The molecule has 1 saturated carbocycles. The number of hydrogen-bond donors (Lipinski definition) is 4. The van der Waals surface area contributed by atoms with E-state index in [1.165, 1.54) is 12.7 Å². The van der Waals surface area contributed by atoms with E-state index in [0.29, 0.717) is 23.0 Å². The average Bonchev–Trinajstić information content (AvgIpc) is 3.16. The van der Waals surface area contributed by atoms with Crippen molar-refractivity contribution >= 4 is 17.0 Å². The van der Waals surface area contributed by atoms with Gasteiger partial charge in [-0.3, -0.25) is 4.57 Å². The minimum absolute atomic E-state index is 0.370. The summed E-state index contributed by atoms with van der Waals surface area (Å²) in [6.45, 7) is -0.370. The SMILES string of the molecule is OC[C@H]1O[C@@H](n2cnc3c(NC4CC4)ncnc32)[C@@H](O)C1O. The van der Waals surface area contributed by atoms with Crippen LogP contribution in [0.2, 0.25) is 0 Å². The number of nitrogens with zero attached hydrogens (tertiary/aromatic N) is 4. The molecular weight excluding hydrogens is 290 g/mol. The van der Waals surface area contributed by atoms with Crippen LogP contribution in [0.1, 0.15) is 19.1 Å². The minimum Gasteiger partial charge on any atom is -0.394 e. The van der Waals surface area contributed by atoms with Crippen molar-refractivity contribution in [1.82, 2.24) is 19.5 Å². The molecule has 1 aliphatic carbocycles. The Hall–Kier alpha value is -1.81. The van der Waals surface area contributed by atoms with Gasteiger partial charge in [-0.2, -0.15) is 0 Å². The number of aliphatic hydroxyl groups is 3. The first-order valence-corrected chi connectivity index (χ1v) is 7.25. The van der Waals surface area contributed by atoms with Crippen molar-refractivity contribution in [2.75, 3.05) is 11.9 Å². The molecule has 4 N–H and O–H groups in total. The quantitative estimate of drug-likeness (QED) is 0.567. The standard InChI is InChI=1S/C13H17N5O4/c19-3-7-9(20)10(21)13(22-7)18-5-16-8-11(17-6-1-2-6)14-4-15-12(8)18/h4-7,9-10,13,19-21H,1-3H2,(H,14,15,17)/t7-,9?,10+,13-/m1/s1. The van der Waals surface area contributed by atoms with Crippen molar-refractivity contribution in [3.63, 3.8) is 0 Å². The Morgan fingerprint density at radius 1 is 1.23 bits per heavy atom. The van der Waals surface area contributed by atoms with Crippen LogP contribution in [-0.2, 0) is 4.74 Å². The van der Waals surface area contributed by atoms with Crippen LogP contribution in [0.25, 0.3) is 11.2 Å². The maximum atomic E-state index is 10.1. The summed E-state index contributed by atoms with van der Waals surface area (Å²) < 4.78 is 7.07. The monoisotopic (exact) mass is 307 g/mol. The third-order valence-corrected chi connectivity index (χ3v) is 4.07. The van der Waals surface area contributed by atoms with Gasteiger partial charge in [-0.25, -0.2) is 15.0 Å². The highest BCUT2D eigenvalue weighted by Gasteiger charge is 2.44. The van der Waals surface area contributed by atoms with Crippen LogP contribution in [0.15, 0.2) is 12.7 Å². The van der Waals surface area contributed by atoms with E-state index in [1.807, 2.05) is 0 Å². The number of rotatable bonds is 4. The molecule has 2 aromatic rings. The highest BCUT2D eigenvalue weighted by molar-refractivity contribution is 5.83. The van der Waals surface area contributed by atoms with Gasteiger partial charge in [0.2, 0.25) is 0 Å². The number of ether oxygens (including phenoxy) is 1. The lowest BCUT2D eigenvalue weighted by Gasteiger charge is -2.16. The molecule has 9 heteroatoms. The van der Waals surface area contributed by atoms with Gasteiger partial charge in [-0.15, -0.1) is 0 Å². The minimum atomic E-state index is -1.16. The summed E-state index contributed by atoms with van der Waals surface area (Å²) >= 11 is 0. The highest BCUT2D eigenvalue weighted by Crippen LogP contribution is 2.33. The molecular formula is C13H17N5O4. The second kappa shape index (κ2) is 5.13. The molecule has 118 valence electrons. The van der Waals surface area contributed by atoms with Crippen LogP contribution in [0.4, 0.5) is 5.82 Å². The number of imidazole rings is 1. The molecule has 4 atom stereocenters. The van der Waals surface area contributed by atoms with Gasteiger partial charge in [0.15, 0.2) is 23.2 Å². The third-order valence-electron chi connectivity index (χ3n) is 4.07. The van der Waals surface area contributed by atoms with Gasteiger partial charge in [-0.1, -0.05) is 0 Å². The van der Waals surface area contributed by atoms with Gasteiger partial charge in [0.25, 0.3) is 0 Å². The van der Waals surface area contributed by atoms with Crippen molar-refractivity contribution in [2.45, 2.75) is 43.4 Å². The second-order valence-electron chi connectivity index (χ2n) is 5.69. The summed E-state index contributed by atoms with van der Waals surface area (Å²) in [4.78, 5) is 12.7. The van der Waals surface area contributed by atoms with E-state index in [1.54, 1.807) is 4.57 Å². The lowest BCUT2D eigenvalue weighted by molar-refractivity contribution is -0.0511. The van der Waals surface area contributed by atoms with E-state index in [9.17, 15) is 15.3 Å². The van der Waals surface area contributed by atoms with Crippen LogP contribution in [0.3, 0.4) is 0 Å². The normalized spacial score (nSPS) is 31.8. The van der Waals surface area contributed by atoms with Crippen molar-refractivity contribution < 1.29 is 20.1 Å². The Balaban J connectivity index is 1.70. The Labute approximate surface area is 125 Å². The lowest BCUT2D eigenvalue weighted by atomic mass is 10.1. The molecule has 4 rings (SSSR count). The lowest BCUT2D eigenvalue weighted by Crippen LogP contribution is -2.33. The summed E-state index contributed by atoms with van der Waals surface area (Å²) in [5, 5.41) is 32.4. The fourth-order valence-electron chi connectivity index (χ4n) is 2.67. The molecule has 0 aromatic carbocycles. The second-order valence-corrected chi connectivity index (χ2v) is 5.69. The van der Waals surface area contributed by atoms with Gasteiger partial charge in [0.1, 0.15) is 24.6 Å². The Morgan fingerprint density at radius 3 is 2.73 bits per heavy atom. The summed E-state index contributed by atoms with van der Waals surface area (Å²) in [7, 11) is 0. The van der Waals surface area contributed by atoms with Crippen molar-refractivity contribution in [1.29, 1.82) is 0 Å². The van der Waals surface area contributed by atoms with Gasteiger partial charge in [-0.05, 0) is 12.8 Å². The predicted octanol–water partition coefficient (Wildman–Crippen LogP) is -0.988. The summed E-state index contributed by atoms with van der Waals surface area (Å²) in [6.07, 6.45) is 1.15. The molecule has 22 heavy (non-hydrogen) atoms. The first kappa shape index (κ1) is 13.8. The van der Waals surface area contributed by atoms with E-state index in [-0.39, 0.29) is 6.61 Å². The number of fused-ring (bicyclic) bond motifs is 1. The molecule has 9 nitrogen and oxygen atoms in total. The molecule has 1 saturated heterocycles. The van der Waals surface area contributed by atoms with Crippen LogP contribution in [0, 0.1) is 0 Å². The molecule has 0 bridgehead atoms. The molecule has 1 unspecified atom stereocenters. The van der Waals surface area contributed by atoms with Crippen molar-refractivity contribution in [2.24, 2.45) is 0 Å². The Kier molecular flexibility index (Phi) is 3.22. The fourth-order valence-corrected chi connectivity index (χ4v) is 2.67. The molecule has 3 heterocycles. The summed E-state index contributed by atoms with van der Waals surface area (Å²) in [5.74, 6) is 0.651. The number of hydrogen-bond acceptors (Lipinski definition) is 8. The van der Waals surface area contributed by atoms with Crippen LogP contribution in [-0.4, -0.2) is 65.8 Å². The average molecular weight is 307 g/mol. The zero-order valence-corrected chi connectivity index (χ0v) is 11.7. The molecule has 0 amide bonds. The van der Waals surface area contributed by atoms with E-state index in [2.05, 4.69) is 20.3 Å². The first-order chi connectivity index (χ1) is 10.7. The van der Waals surface area contributed by atoms with Crippen molar-refractivity contribution in [3.8, 4) is 0 Å². The maximum Gasteiger partial charge on any atom is 0.167 e. The fraction of sp³-hybridized carbons (Fsp3) is 0.615. The van der Waals surface area contributed by atoms with E-state index in [4.69, 9.17) is 4.74 Å². The van der Waals surface area contributed by atoms with E-state index >= 15 is 0 Å². The smallest absolute Gasteiger partial charge is 0.167 e. The number of aromatic nitrogens is 4. The summed E-state index contributed by atoms with van der Waals surface area (Å²) in [6, 6.07) is 0.428. The Bertz CT molecular complexity index is 688. The van der Waals surface area contributed by atoms with Gasteiger partial charge < -0.3 is 25.4 Å². The van der Waals surface area contributed by atoms with Crippen molar-refractivity contribution in [3.05, 3.63) is 12.7 Å². The van der Waals surface area contributed by atoms with Crippen LogP contribution in [0.5, 0.6) is 0 Å². The zero-order chi connectivity index (χ0) is 15.3. The van der Waals surface area contributed by atoms with Crippen LogP contribution < -0.4 is 5.32 Å².